The number of nitrogens with zero attached hydrogens (tertiary/aromatic N) is 3. The summed E-state index contributed by atoms with van der Waals surface area (Å²) in [6.07, 6.45) is 2.47. The molecule has 2 heterocycles. The molecule has 0 spiro atoms. The minimum absolute atomic E-state index is 0.0756. The Balaban J connectivity index is 2.49. The molecule has 0 atom stereocenters. The molecule has 0 aliphatic carbocycles. The summed E-state index contributed by atoms with van der Waals surface area (Å²) in [6, 6.07) is 0. The molecule has 5 nitrogen and oxygen atoms in total. The number of hydrogen-bond donors (Lipinski definition) is 2. The van der Waals surface area contributed by atoms with Crippen LogP contribution in [0.2, 0.25) is 0 Å². The van der Waals surface area contributed by atoms with Gasteiger partial charge >= 0.3 is 0 Å². The summed E-state index contributed by atoms with van der Waals surface area (Å²) in [7, 11) is 0. The summed E-state index contributed by atoms with van der Waals surface area (Å²) < 4.78 is 0. The fourth-order valence-electron chi connectivity index (χ4n) is 2.22. The summed E-state index contributed by atoms with van der Waals surface area (Å²) in [5, 5.41) is 0. The lowest BCUT2D eigenvalue weighted by Gasteiger charge is -2.24. The van der Waals surface area contributed by atoms with Crippen LogP contribution in [0.15, 0.2) is 0 Å². The first kappa shape index (κ1) is 13.1. The molecule has 0 unspecified atom stereocenters. The zero-order chi connectivity index (χ0) is 13.3. The van der Waals surface area contributed by atoms with Gasteiger partial charge in [-0.15, -0.1) is 0 Å². The molecule has 1 aromatic heterocycles. The van der Waals surface area contributed by atoms with Gasteiger partial charge in [0.1, 0.15) is 17.5 Å². The Hall–Kier alpha value is -1.36. The normalized spacial score (nSPS) is 16.2. The van der Waals surface area contributed by atoms with Crippen LogP contribution in [-0.2, 0) is 5.41 Å². The van der Waals surface area contributed by atoms with Crippen molar-refractivity contribution >= 4 is 11.6 Å². The third kappa shape index (κ3) is 2.41. The molecular weight excluding hydrogens is 226 g/mol. The second kappa shape index (κ2) is 4.72. The summed E-state index contributed by atoms with van der Waals surface area (Å²) in [5.74, 6) is 8.17. The van der Waals surface area contributed by atoms with Crippen LogP contribution < -0.4 is 16.2 Å². The maximum Gasteiger partial charge on any atom is 0.148 e. The Kier molecular flexibility index (Phi) is 3.43. The van der Waals surface area contributed by atoms with Gasteiger partial charge in [-0.05, 0) is 19.8 Å². The van der Waals surface area contributed by atoms with E-state index in [1.807, 2.05) is 6.92 Å². The van der Waals surface area contributed by atoms with E-state index < -0.39 is 0 Å². The van der Waals surface area contributed by atoms with Crippen LogP contribution in [0.3, 0.4) is 0 Å². The Morgan fingerprint density at radius 3 is 2.28 bits per heavy atom. The summed E-state index contributed by atoms with van der Waals surface area (Å²) in [6.45, 7) is 10.5. The van der Waals surface area contributed by atoms with Crippen LogP contribution in [0.5, 0.6) is 0 Å². The van der Waals surface area contributed by atoms with E-state index in [2.05, 4.69) is 36.1 Å². The van der Waals surface area contributed by atoms with E-state index in [0.29, 0.717) is 0 Å². The highest BCUT2D eigenvalue weighted by atomic mass is 15.3. The number of anilines is 2. The first-order valence-corrected chi connectivity index (χ1v) is 6.54. The second-order valence-electron chi connectivity index (χ2n) is 5.93. The Morgan fingerprint density at radius 2 is 1.78 bits per heavy atom. The maximum atomic E-state index is 5.57. The summed E-state index contributed by atoms with van der Waals surface area (Å²) >= 11 is 0. The molecule has 0 amide bonds. The maximum absolute atomic E-state index is 5.57. The first-order valence-electron chi connectivity index (χ1n) is 6.54. The highest BCUT2D eigenvalue weighted by Gasteiger charge is 2.24. The van der Waals surface area contributed by atoms with Gasteiger partial charge < -0.3 is 10.3 Å². The Labute approximate surface area is 109 Å². The minimum atomic E-state index is -0.0756. The fraction of sp³-hybridized carbons (Fsp3) is 0.692. The predicted molar refractivity (Wildman–Crippen MR) is 74.7 cm³/mol. The largest absolute Gasteiger partial charge is 0.356 e. The van der Waals surface area contributed by atoms with Gasteiger partial charge in [0.05, 0.1) is 0 Å². The molecule has 3 N–H and O–H groups in total. The van der Waals surface area contributed by atoms with Gasteiger partial charge in [0.2, 0.25) is 0 Å². The number of nitrogens with two attached hydrogens (primary N) is 1. The van der Waals surface area contributed by atoms with Crippen molar-refractivity contribution in [3.63, 3.8) is 0 Å². The quantitative estimate of drug-likeness (QED) is 0.619. The molecule has 0 aromatic carbocycles. The number of nitrogen functional groups attached to an aromatic ring is 1. The van der Waals surface area contributed by atoms with E-state index >= 15 is 0 Å². The molecule has 0 bridgehead atoms. The molecule has 5 heteroatoms. The van der Waals surface area contributed by atoms with Crippen molar-refractivity contribution in [2.45, 2.75) is 46.0 Å². The topological polar surface area (TPSA) is 67.1 Å². The Bertz CT molecular complexity index is 430. The van der Waals surface area contributed by atoms with Crippen molar-refractivity contribution in [3.8, 4) is 0 Å². The van der Waals surface area contributed by atoms with Gasteiger partial charge in [-0.2, -0.15) is 0 Å². The van der Waals surface area contributed by atoms with E-state index in [1.165, 1.54) is 12.8 Å². The van der Waals surface area contributed by atoms with Gasteiger partial charge in [-0.3, -0.25) is 0 Å². The molecule has 1 saturated heterocycles. The van der Waals surface area contributed by atoms with Crippen LogP contribution in [0.1, 0.15) is 45.0 Å². The lowest BCUT2D eigenvalue weighted by molar-refractivity contribution is 0.544. The van der Waals surface area contributed by atoms with Crippen LogP contribution >= 0.6 is 0 Å². The van der Waals surface area contributed by atoms with E-state index in [1.54, 1.807) is 0 Å². The molecule has 1 aliphatic rings. The van der Waals surface area contributed by atoms with E-state index in [9.17, 15) is 0 Å². The van der Waals surface area contributed by atoms with Crippen LogP contribution in [0, 0.1) is 6.92 Å². The number of rotatable bonds is 2. The highest BCUT2D eigenvalue weighted by molar-refractivity contribution is 5.58. The number of nitrogens with one attached hydrogen (secondary N) is 1. The molecule has 0 saturated carbocycles. The summed E-state index contributed by atoms with van der Waals surface area (Å²) in [5.41, 5.74) is 3.65. The van der Waals surface area contributed by atoms with Crippen LogP contribution in [0.4, 0.5) is 11.6 Å². The van der Waals surface area contributed by atoms with Gasteiger partial charge in [-0.25, -0.2) is 15.8 Å². The highest BCUT2D eigenvalue weighted by Crippen LogP contribution is 2.29. The molecule has 1 aliphatic heterocycles. The first-order chi connectivity index (χ1) is 8.43. The van der Waals surface area contributed by atoms with Crippen molar-refractivity contribution in [3.05, 3.63) is 11.4 Å². The fourth-order valence-corrected chi connectivity index (χ4v) is 2.22. The molecule has 1 fully saturated rings. The zero-order valence-corrected chi connectivity index (χ0v) is 11.7. The standard InChI is InChI=1S/C13H23N5/c1-9-10(17-14)15-12(13(2,3)4)16-11(9)18-7-5-6-8-18/h5-8,14H2,1-4H3,(H,15,16,17). The number of aromatic nitrogens is 2. The molecule has 0 radical (unpaired) electrons. The lowest BCUT2D eigenvalue weighted by atomic mass is 9.95. The minimum Gasteiger partial charge on any atom is -0.356 e. The smallest absolute Gasteiger partial charge is 0.148 e. The van der Waals surface area contributed by atoms with E-state index in [4.69, 9.17) is 10.8 Å². The monoisotopic (exact) mass is 249 g/mol. The molecule has 2 rings (SSSR count). The van der Waals surface area contributed by atoms with Crippen molar-refractivity contribution in [1.29, 1.82) is 0 Å². The van der Waals surface area contributed by atoms with Gasteiger partial charge in [0, 0.05) is 24.1 Å². The van der Waals surface area contributed by atoms with Gasteiger partial charge in [0.25, 0.3) is 0 Å². The third-order valence-electron chi connectivity index (χ3n) is 3.33. The van der Waals surface area contributed by atoms with Crippen molar-refractivity contribution in [2.24, 2.45) is 5.84 Å². The van der Waals surface area contributed by atoms with Gasteiger partial charge in [0.15, 0.2) is 0 Å². The predicted octanol–water partition coefficient (Wildman–Crippen LogP) is 1.97. The average Bonchev–Trinajstić information content (AvgIpc) is 2.81. The lowest BCUT2D eigenvalue weighted by Crippen LogP contribution is -2.26. The van der Waals surface area contributed by atoms with E-state index in [-0.39, 0.29) is 5.41 Å². The van der Waals surface area contributed by atoms with E-state index in [0.717, 1.165) is 36.1 Å². The van der Waals surface area contributed by atoms with Crippen molar-refractivity contribution in [2.75, 3.05) is 23.4 Å². The van der Waals surface area contributed by atoms with Crippen molar-refractivity contribution in [1.82, 2.24) is 9.97 Å². The second-order valence-corrected chi connectivity index (χ2v) is 5.93. The SMILES string of the molecule is Cc1c(NN)nc(C(C)(C)C)nc1N1CCCC1. The molecular formula is C13H23N5. The average molecular weight is 249 g/mol. The summed E-state index contributed by atoms with van der Waals surface area (Å²) in [4.78, 5) is 11.6. The van der Waals surface area contributed by atoms with Crippen molar-refractivity contribution < 1.29 is 0 Å². The third-order valence-corrected chi connectivity index (χ3v) is 3.33. The molecule has 18 heavy (non-hydrogen) atoms. The van der Waals surface area contributed by atoms with Crippen LogP contribution in [-0.4, -0.2) is 23.1 Å². The van der Waals surface area contributed by atoms with Gasteiger partial charge in [-0.1, -0.05) is 20.8 Å². The Morgan fingerprint density at radius 1 is 1.17 bits per heavy atom. The van der Waals surface area contributed by atoms with Crippen LogP contribution in [0.25, 0.3) is 0 Å². The molecule has 1 aromatic rings. The number of hydrogen-bond acceptors (Lipinski definition) is 5. The molecule has 100 valence electrons. The zero-order valence-electron chi connectivity index (χ0n) is 11.7. The number of hydrazine groups is 1.